The number of nitrogens with one attached hydrogen (secondary N) is 2. The van der Waals surface area contributed by atoms with Gasteiger partial charge >= 0.3 is 6.09 Å². The molecule has 5 heteroatoms. The van der Waals surface area contributed by atoms with E-state index >= 15 is 0 Å². The fourth-order valence-electron chi connectivity index (χ4n) is 0.685. The molecule has 1 aliphatic heterocycles. The van der Waals surface area contributed by atoms with Crippen LogP contribution >= 0.6 is 0 Å². The van der Waals surface area contributed by atoms with Crippen molar-refractivity contribution in [3.8, 4) is 0 Å². The summed E-state index contributed by atoms with van der Waals surface area (Å²) in [5.74, 6) is 0. The number of carboxylic acid groups (broad SMARTS) is 1. The van der Waals surface area contributed by atoms with Crippen LogP contribution in [-0.4, -0.2) is 30.0 Å². The topological polar surface area (TPSA) is 70.6 Å². The molecule has 0 aromatic heterocycles. The summed E-state index contributed by atoms with van der Waals surface area (Å²) in [7, 11) is 0. The largest absolute Gasteiger partial charge is 0.464 e. The van der Waals surface area contributed by atoms with Gasteiger partial charge < -0.3 is 9.84 Å². The maximum Gasteiger partial charge on any atom is 0.419 e. The van der Waals surface area contributed by atoms with E-state index in [1.54, 1.807) is 0 Å². The number of hydrazine groups is 1. The second-order valence-electron chi connectivity index (χ2n) is 2.61. The van der Waals surface area contributed by atoms with Crippen LogP contribution in [0.3, 0.4) is 0 Å². The minimum absolute atomic E-state index is 0.210. The lowest BCUT2D eigenvalue weighted by molar-refractivity contribution is -0.0695. The lowest BCUT2D eigenvalue weighted by Gasteiger charge is -2.38. The van der Waals surface area contributed by atoms with E-state index in [9.17, 15) is 4.79 Å². The average Bonchev–Trinajstić information content (AvgIpc) is 1.79. The Morgan fingerprint density at radius 3 is 2.60 bits per heavy atom. The van der Waals surface area contributed by atoms with E-state index in [1.165, 1.54) is 0 Å². The Labute approximate surface area is 58.3 Å². The molecule has 1 heterocycles. The van der Waals surface area contributed by atoms with E-state index in [4.69, 9.17) is 9.84 Å². The Hall–Kier alpha value is -0.810. The third-order valence-corrected chi connectivity index (χ3v) is 1.31. The monoisotopic (exact) mass is 146 g/mol. The van der Waals surface area contributed by atoms with E-state index in [-0.39, 0.29) is 5.54 Å². The van der Waals surface area contributed by atoms with Gasteiger partial charge in [-0.25, -0.2) is 10.2 Å². The molecule has 0 aromatic rings. The molecule has 0 bridgehead atoms. The molecule has 1 saturated heterocycles. The minimum Gasteiger partial charge on any atom is -0.464 e. The van der Waals surface area contributed by atoms with Crippen molar-refractivity contribution in [1.82, 2.24) is 10.9 Å². The van der Waals surface area contributed by atoms with E-state index in [1.807, 2.05) is 6.92 Å². The fourth-order valence-corrected chi connectivity index (χ4v) is 0.685. The summed E-state index contributed by atoms with van der Waals surface area (Å²) in [6.45, 7) is 2.98. The first-order valence-corrected chi connectivity index (χ1v) is 2.96. The number of rotatable bonds is 2. The first-order chi connectivity index (χ1) is 4.62. The summed E-state index contributed by atoms with van der Waals surface area (Å²) in [5, 5.41) is 8.18. The predicted octanol–water partition coefficient (Wildman–Crippen LogP) is -0.452. The summed E-state index contributed by atoms with van der Waals surface area (Å²) in [6.07, 6.45) is -1.08. The van der Waals surface area contributed by atoms with E-state index in [2.05, 4.69) is 10.9 Å². The van der Waals surface area contributed by atoms with Gasteiger partial charge in [-0.05, 0) is 6.92 Å². The van der Waals surface area contributed by atoms with Gasteiger partial charge in [-0.15, -0.1) is 0 Å². The summed E-state index contributed by atoms with van der Waals surface area (Å²) in [6, 6.07) is 0. The zero-order valence-electron chi connectivity index (χ0n) is 5.68. The fraction of sp³-hybridized carbons (Fsp3) is 0.800. The van der Waals surface area contributed by atoms with Crippen molar-refractivity contribution in [2.24, 2.45) is 0 Å². The highest BCUT2D eigenvalue weighted by molar-refractivity contribution is 5.63. The number of hydrogen-bond donors (Lipinski definition) is 3. The summed E-state index contributed by atoms with van der Waals surface area (Å²) >= 11 is 0. The van der Waals surface area contributed by atoms with Gasteiger partial charge in [0.2, 0.25) is 0 Å². The SMILES string of the molecule is CC1(NNC(=O)O)COC1. The maximum absolute atomic E-state index is 9.97. The Morgan fingerprint density at radius 1 is 1.70 bits per heavy atom. The van der Waals surface area contributed by atoms with Crippen LogP contribution in [0.5, 0.6) is 0 Å². The zero-order valence-corrected chi connectivity index (χ0v) is 5.68. The Bertz CT molecular complexity index is 144. The van der Waals surface area contributed by atoms with Gasteiger partial charge in [-0.2, -0.15) is 0 Å². The van der Waals surface area contributed by atoms with Crippen LogP contribution in [0.25, 0.3) is 0 Å². The number of amides is 1. The molecule has 3 N–H and O–H groups in total. The Balaban J connectivity index is 2.18. The molecule has 1 fully saturated rings. The van der Waals surface area contributed by atoms with Crippen molar-refractivity contribution in [2.75, 3.05) is 13.2 Å². The van der Waals surface area contributed by atoms with Crippen LogP contribution < -0.4 is 10.9 Å². The number of carbonyl (C=O) groups is 1. The second kappa shape index (κ2) is 2.43. The lowest BCUT2D eigenvalue weighted by Crippen LogP contribution is -2.63. The molecule has 1 rings (SSSR count). The van der Waals surface area contributed by atoms with Gasteiger partial charge in [0, 0.05) is 0 Å². The molecule has 0 unspecified atom stereocenters. The van der Waals surface area contributed by atoms with E-state index in [0.29, 0.717) is 13.2 Å². The molecular formula is C5H10N2O3. The van der Waals surface area contributed by atoms with Crippen molar-refractivity contribution < 1.29 is 14.6 Å². The van der Waals surface area contributed by atoms with Gasteiger partial charge in [-0.3, -0.25) is 5.43 Å². The zero-order chi connectivity index (χ0) is 7.61. The minimum atomic E-state index is -1.08. The van der Waals surface area contributed by atoms with Crippen LogP contribution in [0, 0.1) is 0 Å². The average molecular weight is 146 g/mol. The van der Waals surface area contributed by atoms with Crippen molar-refractivity contribution in [3.05, 3.63) is 0 Å². The molecule has 1 aliphatic rings. The van der Waals surface area contributed by atoms with Crippen molar-refractivity contribution in [2.45, 2.75) is 12.5 Å². The van der Waals surface area contributed by atoms with E-state index in [0.717, 1.165) is 0 Å². The molecule has 1 amide bonds. The quantitative estimate of drug-likeness (QED) is 0.461. The highest BCUT2D eigenvalue weighted by Crippen LogP contribution is 2.13. The Kier molecular flexibility index (Phi) is 1.78. The van der Waals surface area contributed by atoms with Gasteiger partial charge in [0.05, 0.1) is 18.8 Å². The molecule has 58 valence electrons. The molecule has 0 aromatic carbocycles. The van der Waals surface area contributed by atoms with Crippen molar-refractivity contribution in [1.29, 1.82) is 0 Å². The van der Waals surface area contributed by atoms with Crippen LogP contribution in [-0.2, 0) is 4.74 Å². The first kappa shape index (κ1) is 7.30. The van der Waals surface area contributed by atoms with E-state index < -0.39 is 6.09 Å². The van der Waals surface area contributed by atoms with Crippen molar-refractivity contribution in [3.63, 3.8) is 0 Å². The summed E-state index contributed by atoms with van der Waals surface area (Å²) < 4.78 is 4.87. The summed E-state index contributed by atoms with van der Waals surface area (Å²) in [4.78, 5) is 9.97. The molecule has 0 aliphatic carbocycles. The van der Waals surface area contributed by atoms with Gasteiger partial charge in [-0.1, -0.05) is 0 Å². The molecule has 0 spiro atoms. The molecule has 0 atom stereocenters. The third-order valence-electron chi connectivity index (χ3n) is 1.31. The highest BCUT2D eigenvalue weighted by Gasteiger charge is 2.33. The van der Waals surface area contributed by atoms with Crippen molar-refractivity contribution >= 4 is 6.09 Å². The first-order valence-electron chi connectivity index (χ1n) is 2.96. The van der Waals surface area contributed by atoms with Crippen LogP contribution in [0.2, 0.25) is 0 Å². The standard InChI is InChI=1S/C5H10N2O3/c1-5(2-10-3-5)7-6-4(8)9/h6-7H,2-3H2,1H3,(H,8,9). The third kappa shape index (κ3) is 1.58. The molecule has 0 saturated carbocycles. The normalized spacial score (nSPS) is 21.3. The molecule has 0 radical (unpaired) electrons. The van der Waals surface area contributed by atoms with Gasteiger partial charge in [0.25, 0.3) is 0 Å². The second-order valence-corrected chi connectivity index (χ2v) is 2.61. The molecule has 10 heavy (non-hydrogen) atoms. The summed E-state index contributed by atoms with van der Waals surface area (Å²) in [5.41, 5.74) is 4.49. The Morgan fingerprint density at radius 2 is 2.30 bits per heavy atom. The van der Waals surface area contributed by atoms with Crippen LogP contribution in [0.1, 0.15) is 6.92 Å². The number of ether oxygens (including phenoxy) is 1. The lowest BCUT2D eigenvalue weighted by atomic mass is 10.0. The number of hydrogen-bond acceptors (Lipinski definition) is 3. The predicted molar refractivity (Wildman–Crippen MR) is 33.5 cm³/mol. The van der Waals surface area contributed by atoms with Gasteiger partial charge in [0.1, 0.15) is 0 Å². The molecule has 5 nitrogen and oxygen atoms in total. The highest BCUT2D eigenvalue weighted by atomic mass is 16.5. The molecular weight excluding hydrogens is 136 g/mol. The van der Waals surface area contributed by atoms with Gasteiger partial charge in [0.15, 0.2) is 0 Å². The van der Waals surface area contributed by atoms with Crippen LogP contribution in [0.4, 0.5) is 4.79 Å². The van der Waals surface area contributed by atoms with Crippen LogP contribution in [0.15, 0.2) is 0 Å². The maximum atomic E-state index is 9.97. The smallest absolute Gasteiger partial charge is 0.419 e.